The summed E-state index contributed by atoms with van der Waals surface area (Å²) >= 11 is 0. The molecule has 1 spiro atoms. The van der Waals surface area contributed by atoms with Gasteiger partial charge in [-0.3, -0.25) is 14.5 Å². The maximum Gasteiger partial charge on any atom is 0.333 e. The predicted molar refractivity (Wildman–Crippen MR) is 251 cm³/mol. The average molecular weight is 945 g/mol. The molecule has 68 heavy (non-hydrogen) atoms. The highest BCUT2D eigenvalue weighted by atomic mass is 16.8. The molecule has 15 heteroatoms. The van der Waals surface area contributed by atoms with Gasteiger partial charge in [0.05, 0.1) is 30.8 Å². The molecule has 7 unspecified atom stereocenters. The van der Waals surface area contributed by atoms with Gasteiger partial charge in [-0.1, -0.05) is 29.4 Å². The van der Waals surface area contributed by atoms with Crippen LogP contribution in [0.5, 0.6) is 17.2 Å². The number of nitrogens with zero attached hydrogens (tertiary/aromatic N) is 2. The summed E-state index contributed by atoms with van der Waals surface area (Å²) in [5, 5.41) is 23.5. The number of methoxy groups -OCH3 is 1. The van der Waals surface area contributed by atoms with E-state index in [-0.39, 0.29) is 41.7 Å². The largest absolute Gasteiger partial charge is 0.482 e. The highest BCUT2D eigenvalue weighted by Crippen LogP contribution is 2.71. The molecule has 3 aliphatic carbocycles. The maximum atomic E-state index is 16.7. The van der Waals surface area contributed by atoms with Crippen molar-refractivity contribution in [3.63, 3.8) is 0 Å². The number of aliphatic hydroxyl groups is 2. The second kappa shape index (κ2) is 17.4. The van der Waals surface area contributed by atoms with Gasteiger partial charge in [-0.25, -0.2) is 4.79 Å². The number of piperazine rings is 1. The van der Waals surface area contributed by atoms with E-state index in [9.17, 15) is 15.0 Å². The SMILES string of the molecule is COC(=O)C(C)=CCC12OC(C)(C)C3CC(C1=O)C(N1CCN(C)CC1)C1C(=O)c4c(O[C@@H]5O[C@@H]6COC(C)(C)O[C@H]6[C@H](O)[C@H]5O)c5c(c(CC=C(C)C)c4OC132)OC(C)(CCC=C(C)C)C=C5. The highest BCUT2D eigenvalue weighted by Gasteiger charge is 2.86. The minimum absolute atomic E-state index is 0.0272. The number of fused-ring (bicyclic) bond motifs is 3. The van der Waals surface area contributed by atoms with Crippen molar-refractivity contribution in [2.45, 2.75) is 166 Å². The van der Waals surface area contributed by atoms with Gasteiger partial charge in [0.2, 0.25) is 6.29 Å². The predicted octanol–water partition coefficient (Wildman–Crippen LogP) is 5.90. The Hall–Kier alpha value is -3.93. The molecule has 15 nitrogen and oxygen atoms in total. The third-order valence-corrected chi connectivity index (χ3v) is 16.1. The number of carbonyl (C=O) groups is 3. The Morgan fingerprint density at radius 1 is 0.926 bits per heavy atom. The standard InChI is InChI=1S/C53H72N2O13/c1-28(2)14-13-19-51(10)20-18-32-42(66-51)31(16-15-29(3)4)44-36(43(32)64-48-41(58)40(57)45-34(63-48)27-62-50(8,9)65-45)39(56)37-38(55-24-22-54(11)23-25-55)33-26-35-49(6,7)68-52(46(33)59,53(35,37)67-44)21-17-30(5)47(60)61-12/h14-15,17-18,20,33-35,37-38,40-41,45,48,57-58H,13,16,19,21-27H2,1-12H3/t33?,34-,35?,37?,38?,40-,41-,45-,48+,51?,52?,53?/m1/s1. The zero-order valence-corrected chi connectivity index (χ0v) is 41.9. The zero-order chi connectivity index (χ0) is 49.0. The van der Waals surface area contributed by atoms with Crippen molar-refractivity contribution in [2.24, 2.45) is 17.8 Å². The monoisotopic (exact) mass is 945 g/mol. The first-order chi connectivity index (χ1) is 32.0. The molecule has 4 bridgehead atoms. The van der Waals surface area contributed by atoms with Gasteiger partial charge in [-0.2, -0.15) is 0 Å². The molecule has 372 valence electrons. The number of likely N-dealkylation sites (N-methyl/N-ethyl adjacent to an activating group) is 1. The summed E-state index contributed by atoms with van der Waals surface area (Å²) in [4.78, 5) is 49.9. The normalized spacial score (nSPS) is 37.7. The van der Waals surface area contributed by atoms with Crippen LogP contribution in [-0.4, -0.2) is 149 Å². The molecule has 7 fully saturated rings. The molecule has 6 aliphatic heterocycles. The van der Waals surface area contributed by atoms with Gasteiger partial charge in [0, 0.05) is 61.6 Å². The van der Waals surface area contributed by atoms with E-state index < -0.39 is 88.7 Å². The Morgan fingerprint density at radius 3 is 2.31 bits per heavy atom. The topological polar surface area (TPSA) is 172 Å². The Bertz CT molecular complexity index is 2350. The summed E-state index contributed by atoms with van der Waals surface area (Å²) in [5.41, 5.74) is -1.23. The number of benzene rings is 1. The molecule has 2 N–H and O–H groups in total. The summed E-state index contributed by atoms with van der Waals surface area (Å²) in [6.07, 6.45) is 5.70. The van der Waals surface area contributed by atoms with Crippen molar-refractivity contribution in [1.82, 2.24) is 9.80 Å². The molecule has 0 radical (unpaired) electrons. The van der Waals surface area contributed by atoms with Gasteiger partial charge >= 0.3 is 5.97 Å². The lowest BCUT2D eigenvalue weighted by molar-refractivity contribution is -0.373. The minimum atomic E-state index is -1.68. The van der Waals surface area contributed by atoms with Gasteiger partial charge in [0.15, 0.2) is 28.6 Å². The van der Waals surface area contributed by atoms with E-state index in [1.165, 1.54) is 12.7 Å². The van der Waals surface area contributed by atoms with E-state index in [2.05, 4.69) is 42.8 Å². The number of rotatable bonds is 11. The van der Waals surface area contributed by atoms with Gasteiger partial charge < -0.3 is 53.0 Å². The molecule has 0 aromatic heterocycles. The van der Waals surface area contributed by atoms with Crippen LogP contribution < -0.4 is 14.2 Å². The van der Waals surface area contributed by atoms with E-state index in [4.69, 9.17) is 37.9 Å². The van der Waals surface area contributed by atoms with Crippen molar-refractivity contribution in [1.29, 1.82) is 0 Å². The van der Waals surface area contributed by atoms with E-state index in [1.54, 1.807) is 26.8 Å². The number of ketones is 2. The van der Waals surface area contributed by atoms with E-state index in [0.717, 1.165) is 25.1 Å². The molecule has 6 heterocycles. The van der Waals surface area contributed by atoms with Crippen LogP contribution in [0.2, 0.25) is 0 Å². The number of esters is 1. The van der Waals surface area contributed by atoms with Crippen molar-refractivity contribution in [2.75, 3.05) is 46.9 Å². The minimum Gasteiger partial charge on any atom is -0.482 e. The summed E-state index contributed by atoms with van der Waals surface area (Å²) < 4.78 is 52.7. The van der Waals surface area contributed by atoms with E-state index in [0.29, 0.717) is 54.8 Å². The van der Waals surface area contributed by atoms with Crippen LogP contribution >= 0.6 is 0 Å². The Balaban J connectivity index is 1.29. The molecular formula is C53H72N2O13. The summed E-state index contributed by atoms with van der Waals surface area (Å²) in [6.45, 7) is 22.0. The molecule has 12 atom stereocenters. The maximum absolute atomic E-state index is 16.7. The lowest BCUT2D eigenvalue weighted by Crippen LogP contribution is -2.82. The first-order valence-electron chi connectivity index (χ1n) is 24.5. The van der Waals surface area contributed by atoms with Crippen LogP contribution in [0, 0.1) is 17.8 Å². The van der Waals surface area contributed by atoms with Gasteiger partial charge in [-0.15, -0.1) is 0 Å². The zero-order valence-electron chi connectivity index (χ0n) is 41.9. The number of Topliss-reactive ketones (excluding diaryl/α,β-unsaturated/α-hetero) is 2. The number of carbonyl (C=O) groups excluding carboxylic acids is 3. The highest BCUT2D eigenvalue weighted by molar-refractivity contribution is 6.10. The number of hydrogen-bond acceptors (Lipinski definition) is 15. The summed E-state index contributed by atoms with van der Waals surface area (Å²) in [6, 6.07) is -0.557. The second-order valence-corrected chi connectivity index (χ2v) is 22.2. The van der Waals surface area contributed by atoms with Crippen molar-refractivity contribution in [3.8, 4) is 17.2 Å². The van der Waals surface area contributed by atoms with Crippen LogP contribution in [0.4, 0.5) is 0 Å². The summed E-state index contributed by atoms with van der Waals surface area (Å²) in [5.74, 6) is -3.23. The quantitative estimate of drug-likeness (QED) is 0.152. The number of aliphatic hydroxyl groups excluding tert-OH is 2. The lowest BCUT2D eigenvalue weighted by Gasteiger charge is -2.65. The van der Waals surface area contributed by atoms with Crippen LogP contribution in [0.15, 0.2) is 41.0 Å². The van der Waals surface area contributed by atoms with Crippen molar-refractivity contribution >= 4 is 23.6 Å². The van der Waals surface area contributed by atoms with Crippen LogP contribution in [0.1, 0.15) is 116 Å². The molecule has 0 amide bonds. The first-order valence-corrected chi connectivity index (χ1v) is 24.5. The molecule has 1 aromatic carbocycles. The summed E-state index contributed by atoms with van der Waals surface area (Å²) in [7, 11) is 3.39. The fourth-order valence-corrected chi connectivity index (χ4v) is 12.7. The van der Waals surface area contributed by atoms with Crippen molar-refractivity contribution < 1.29 is 62.5 Å². The van der Waals surface area contributed by atoms with Crippen molar-refractivity contribution in [3.05, 3.63) is 57.7 Å². The molecule has 1 aromatic rings. The molecule has 9 aliphatic rings. The molecular weight excluding hydrogens is 873 g/mol. The van der Waals surface area contributed by atoms with Crippen LogP contribution in [0.3, 0.4) is 0 Å². The van der Waals surface area contributed by atoms with Gasteiger partial charge in [0.1, 0.15) is 52.8 Å². The smallest absolute Gasteiger partial charge is 0.333 e. The Labute approximate surface area is 400 Å². The number of allylic oxidation sites excluding steroid dienone is 4. The van der Waals surface area contributed by atoms with E-state index >= 15 is 9.59 Å². The number of ether oxygens (including phenoxy) is 8. The average Bonchev–Trinajstić information content (AvgIpc) is 3.42. The fourth-order valence-electron chi connectivity index (χ4n) is 12.7. The van der Waals surface area contributed by atoms with E-state index in [1.807, 2.05) is 46.8 Å². The van der Waals surface area contributed by atoms with Gasteiger partial charge in [0.25, 0.3) is 0 Å². The first kappa shape index (κ1) is 49.1. The second-order valence-electron chi connectivity index (χ2n) is 22.2. The van der Waals surface area contributed by atoms with Crippen LogP contribution in [0.25, 0.3) is 6.08 Å². The lowest BCUT2D eigenvalue weighted by atomic mass is 9.44. The van der Waals surface area contributed by atoms with Crippen LogP contribution in [-0.2, 0) is 39.7 Å². The molecule has 3 saturated carbocycles. The van der Waals surface area contributed by atoms with Gasteiger partial charge in [-0.05, 0) is 114 Å². The third kappa shape index (κ3) is 7.82. The Kier molecular flexibility index (Phi) is 12.6. The third-order valence-electron chi connectivity index (χ3n) is 16.1. The molecule has 4 saturated heterocycles. The molecule has 10 rings (SSSR count). The Morgan fingerprint density at radius 2 is 1.63 bits per heavy atom. The fraction of sp³-hybridized carbons (Fsp3) is 0.679. The number of hydrogen-bond donors (Lipinski definition) is 2.